The fourth-order valence-electron chi connectivity index (χ4n) is 4.07. The molecule has 0 spiro atoms. The van der Waals surface area contributed by atoms with Gasteiger partial charge in [-0.3, -0.25) is 10.1 Å². The molecule has 2 aromatic heterocycles. The summed E-state index contributed by atoms with van der Waals surface area (Å²) in [6, 6.07) is 9.95. The minimum Gasteiger partial charge on any atom is -0.355 e. The first kappa shape index (κ1) is 16.2. The molecule has 3 aromatic rings. The van der Waals surface area contributed by atoms with Crippen molar-refractivity contribution in [2.75, 3.05) is 23.3 Å². The monoisotopic (exact) mass is 362 g/mol. The molecule has 1 aromatic carbocycles. The molecule has 3 heterocycles. The van der Waals surface area contributed by atoms with Crippen molar-refractivity contribution >= 4 is 28.7 Å². The van der Waals surface area contributed by atoms with Gasteiger partial charge in [0.25, 0.3) is 0 Å². The van der Waals surface area contributed by atoms with Crippen LogP contribution >= 0.6 is 0 Å². The Morgan fingerprint density at radius 1 is 1.15 bits per heavy atom. The Morgan fingerprint density at radius 2 is 2.00 bits per heavy atom. The Hall–Kier alpha value is -2.96. The molecule has 2 N–H and O–H groups in total. The van der Waals surface area contributed by atoms with Crippen LogP contribution in [0.2, 0.25) is 0 Å². The van der Waals surface area contributed by atoms with E-state index in [4.69, 9.17) is 0 Å². The second-order valence-corrected chi connectivity index (χ2v) is 7.38. The Bertz CT molecular complexity index is 956. The van der Waals surface area contributed by atoms with Gasteiger partial charge in [0.2, 0.25) is 11.9 Å². The van der Waals surface area contributed by atoms with E-state index in [9.17, 15) is 4.79 Å². The topological polar surface area (TPSA) is 86.8 Å². The molecule has 1 saturated heterocycles. The number of hydrogen-bond acceptors (Lipinski definition) is 5. The average molecular weight is 362 g/mol. The highest BCUT2D eigenvalue weighted by Gasteiger charge is 2.27. The van der Waals surface area contributed by atoms with Crippen LogP contribution in [0.25, 0.3) is 11.0 Å². The third kappa shape index (κ3) is 3.13. The number of piperidine rings is 1. The van der Waals surface area contributed by atoms with E-state index in [1.54, 1.807) is 0 Å². The predicted octanol–water partition coefficient (Wildman–Crippen LogP) is 2.70. The molecule has 1 fully saturated rings. The van der Waals surface area contributed by atoms with Crippen LogP contribution in [0.15, 0.2) is 30.3 Å². The van der Waals surface area contributed by atoms with Gasteiger partial charge in [0.15, 0.2) is 5.82 Å². The number of nitrogens with zero attached hydrogens (tertiary/aromatic N) is 4. The Balaban J connectivity index is 1.21. The summed E-state index contributed by atoms with van der Waals surface area (Å²) >= 11 is 0. The maximum atomic E-state index is 12.6. The van der Waals surface area contributed by atoms with Crippen molar-refractivity contribution in [2.24, 2.45) is 5.92 Å². The van der Waals surface area contributed by atoms with Crippen molar-refractivity contribution in [3.63, 3.8) is 0 Å². The summed E-state index contributed by atoms with van der Waals surface area (Å²) in [6.45, 7) is 1.65. The molecule has 0 unspecified atom stereocenters. The maximum Gasteiger partial charge on any atom is 0.229 e. The summed E-state index contributed by atoms with van der Waals surface area (Å²) in [7, 11) is 0. The normalized spacial score (nSPS) is 17.3. The number of rotatable bonds is 3. The second kappa shape index (κ2) is 6.64. The van der Waals surface area contributed by atoms with Crippen LogP contribution in [0.3, 0.4) is 0 Å². The zero-order valence-electron chi connectivity index (χ0n) is 15.1. The lowest BCUT2D eigenvalue weighted by molar-refractivity contribution is -0.120. The number of amides is 1. The lowest BCUT2D eigenvalue weighted by Crippen LogP contribution is -2.38. The number of anilines is 2. The van der Waals surface area contributed by atoms with E-state index < -0.39 is 0 Å². The fourth-order valence-corrected chi connectivity index (χ4v) is 4.07. The number of hydrogen-bond donors (Lipinski definition) is 2. The molecule has 27 heavy (non-hydrogen) atoms. The molecule has 7 nitrogen and oxygen atoms in total. The minimum absolute atomic E-state index is 0.00292. The summed E-state index contributed by atoms with van der Waals surface area (Å²) in [5.74, 6) is 1.51. The first-order valence-electron chi connectivity index (χ1n) is 9.62. The molecule has 7 heteroatoms. The number of aryl methyl sites for hydroxylation is 2. The van der Waals surface area contributed by atoms with E-state index in [0.29, 0.717) is 5.95 Å². The first-order chi connectivity index (χ1) is 13.3. The number of nitrogens with one attached hydrogen (secondary N) is 2. The van der Waals surface area contributed by atoms with Gasteiger partial charge in [-0.1, -0.05) is 12.1 Å². The third-order valence-corrected chi connectivity index (χ3v) is 5.63. The summed E-state index contributed by atoms with van der Waals surface area (Å²) in [5.41, 5.74) is 4.28. The summed E-state index contributed by atoms with van der Waals surface area (Å²) in [6.07, 6.45) is 4.95. The predicted molar refractivity (Wildman–Crippen MR) is 104 cm³/mol. The highest BCUT2D eigenvalue weighted by atomic mass is 16.2. The highest BCUT2D eigenvalue weighted by molar-refractivity contribution is 5.92. The van der Waals surface area contributed by atoms with Crippen molar-refractivity contribution in [3.8, 4) is 0 Å². The van der Waals surface area contributed by atoms with Crippen molar-refractivity contribution in [3.05, 3.63) is 41.6 Å². The van der Waals surface area contributed by atoms with Crippen molar-refractivity contribution in [1.29, 1.82) is 0 Å². The summed E-state index contributed by atoms with van der Waals surface area (Å²) in [5, 5.41) is 11.7. The molecule has 1 aliphatic heterocycles. The SMILES string of the molecule is O=C(Nc1nc2ccccc2[nH]1)C1CCN(c2cc3c(nn2)CCC3)CC1. The molecule has 0 atom stereocenters. The fraction of sp³-hybridized carbons (Fsp3) is 0.400. The van der Waals surface area contributed by atoms with E-state index in [1.165, 1.54) is 12.0 Å². The van der Waals surface area contributed by atoms with Crippen LogP contribution in [-0.2, 0) is 17.6 Å². The Labute approximate surface area is 157 Å². The average Bonchev–Trinajstić information content (AvgIpc) is 3.33. The van der Waals surface area contributed by atoms with Crippen LogP contribution in [0.1, 0.15) is 30.5 Å². The molecule has 0 saturated carbocycles. The van der Waals surface area contributed by atoms with E-state index in [-0.39, 0.29) is 11.8 Å². The van der Waals surface area contributed by atoms with Crippen LogP contribution in [0.5, 0.6) is 0 Å². The van der Waals surface area contributed by atoms with Gasteiger partial charge in [-0.05, 0) is 55.9 Å². The van der Waals surface area contributed by atoms with Crippen molar-refractivity contribution in [2.45, 2.75) is 32.1 Å². The van der Waals surface area contributed by atoms with Crippen LogP contribution in [0.4, 0.5) is 11.8 Å². The molecular weight excluding hydrogens is 340 g/mol. The van der Waals surface area contributed by atoms with Gasteiger partial charge in [0.1, 0.15) is 0 Å². The van der Waals surface area contributed by atoms with Crippen LogP contribution < -0.4 is 10.2 Å². The number of fused-ring (bicyclic) bond motifs is 2. The second-order valence-electron chi connectivity index (χ2n) is 7.38. The van der Waals surface area contributed by atoms with Gasteiger partial charge in [-0.2, -0.15) is 5.10 Å². The number of benzene rings is 1. The number of aromatic nitrogens is 4. The van der Waals surface area contributed by atoms with E-state index in [1.807, 2.05) is 24.3 Å². The van der Waals surface area contributed by atoms with Gasteiger partial charge in [0, 0.05) is 19.0 Å². The largest absolute Gasteiger partial charge is 0.355 e. The van der Waals surface area contributed by atoms with Crippen molar-refractivity contribution < 1.29 is 4.79 Å². The number of H-pyrrole nitrogens is 1. The van der Waals surface area contributed by atoms with Gasteiger partial charge >= 0.3 is 0 Å². The highest BCUT2D eigenvalue weighted by Crippen LogP contribution is 2.26. The number of imidazole rings is 1. The molecule has 0 radical (unpaired) electrons. The molecule has 1 amide bonds. The van der Waals surface area contributed by atoms with E-state index >= 15 is 0 Å². The molecule has 0 bridgehead atoms. The van der Waals surface area contributed by atoms with Crippen LogP contribution in [-0.4, -0.2) is 39.2 Å². The van der Waals surface area contributed by atoms with Gasteiger partial charge in [-0.15, -0.1) is 5.10 Å². The Morgan fingerprint density at radius 3 is 2.85 bits per heavy atom. The summed E-state index contributed by atoms with van der Waals surface area (Å²) < 4.78 is 0. The quantitative estimate of drug-likeness (QED) is 0.748. The molecular formula is C20H22N6O. The zero-order chi connectivity index (χ0) is 18.2. The molecule has 5 rings (SSSR count). The minimum atomic E-state index is -0.00292. The molecule has 138 valence electrons. The first-order valence-corrected chi connectivity index (χ1v) is 9.62. The lowest BCUT2D eigenvalue weighted by atomic mass is 9.96. The third-order valence-electron chi connectivity index (χ3n) is 5.63. The van der Waals surface area contributed by atoms with Gasteiger partial charge in [-0.25, -0.2) is 4.98 Å². The smallest absolute Gasteiger partial charge is 0.229 e. The summed E-state index contributed by atoms with van der Waals surface area (Å²) in [4.78, 5) is 22.4. The Kier molecular flexibility index (Phi) is 3.99. The van der Waals surface area contributed by atoms with Crippen LogP contribution in [0, 0.1) is 5.92 Å². The number of para-hydroxylation sites is 2. The number of aromatic amines is 1. The van der Waals surface area contributed by atoms with Gasteiger partial charge in [0.05, 0.1) is 16.7 Å². The number of carbonyl (C=O) groups is 1. The molecule has 1 aliphatic carbocycles. The number of carbonyl (C=O) groups excluding carboxylic acids is 1. The standard InChI is InChI=1S/C20H22N6O/c27-19(23-20-21-16-5-1-2-6-17(16)22-20)13-8-10-26(11-9-13)18-12-14-4-3-7-15(14)24-25-18/h1-2,5-6,12-13H,3-4,7-11H2,(H2,21,22,23,27). The van der Waals surface area contributed by atoms with Crippen molar-refractivity contribution in [1.82, 2.24) is 20.2 Å². The van der Waals surface area contributed by atoms with E-state index in [0.717, 1.165) is 61.3 Å². The molecule has 2 aliphatic rings. The maximum absolute atomic E-state index is 12.6. The lowest BCUT2D eigenvalue weighted by Gasteiger charge is -2.31. The van der Waals surface area contributed by atoms with Gasteiger partial charge < -0.3 is 9.88 Å². The van der Waals surface area contributed by atoms with E-state index in [2.05, 4.69) is 36.4 Å². The zero-order valence-corrected chi connectivity index (χ0v) is 15.1.